The molecule has 1 saturated heterocycles. The minimum absolute atomic E-state index is 0.0865. The van der Waals surface area contributed by atoms with Gasteiger partial charge in [-0.15, -0.1) is 0 Å². The standard InChI is InChI=1S/C25H27FN2O4/c1-16-19-8-7-18(31-2)15-23(19)32-25(30)20(16)9-11-24(29)27-21-14-17(26)6-10-22(21)28-12-4-3-5-13-28/h6-8,10,14-15H,3-5,9,11-13H2,1-2H3,(H,27,29). The van der Waals surface area contributed by atoms with Crippen LogP contribution in [-0.4, -0.2) is 26.1 Å². The Bertz CT molecular complexity index is 1200. The highest BCUT2D eigenvalue weighted by molar-refractivity contribution is 5.94. The average molecular weight is 438 g/mol. The van der Waals surface area contributed by atoms with Gasteiger partial charge in [0.2, 0.25) is 5.91 Å². The first kappa shape index (κ1) is 21.9. The molecule has 2 heterocycles. The monoisotopic (exact) mass is 438 g/mol. The number of fused-ring (bicyclic) bond motifs is 1. The van der Waals surface area contributed by atoms with Crippen LogP contribution < -0.4 is 20.6 Å². The summed E-state index contributed by atoms with van der Waals surface area (Å²) in [5, 5.41) is 3.64. The first-order chi connectivity index (χ1) is 15.5. The molecular weight excluding hydrogens is 411 g/mol. The second-order valence-electron chi connectivity index (χ2n) is 8.11. The van der Waals surface area contributed by atoms with E-state index in [9.17, 15) is 14.0 Å². The van der Waals surface area contributed by atoms with Crippen molar-refractivity contribution in [1.29, 1.82) is 0 Å². The molecule has 1 fully saturated rings. The third kappa shape index (κ3) is 4.61. The van der Waals surface area contributed by atoms with Gasteiger partial charge in [0.25, 0.3) is 0 Å². The summed E-state index contributed by atoms with van der Waals surface area (Å²) in [6, 6.07) is 9.80. The summed E-state index contributed by atoms with van der Waals surface area (Å²) in [5.74, 6) is -0.0724. The molecule has 1 aliphatic heterocycles. The number of rotatable bonds is 6. The molecule has 1 amide bonds. The Morgan fingerprint density at radius 3 is 2.69 bits per heavy atom. The summed E-state index contributed by atoms with van der Waals surface area (Å²) < 4.78 is 24.5. The molecule has 32 heavy (non-hydrogen) atoms. The molecule has 0 radical (unpaired) electrons. The van der Waals surface area contributed by atoms with Gasteiger partial charge in [0, 0.05) is 36.5 Å². The van der Waals surface area contributed by atoms with Crippen LogP contribution in [0.3, 0.4) is 0 Å². The Balaban J connectivity index is 1.51. The first-order valence-corrected chi connectivity index (χ1v) is 10.9. The molecule has 0 spiro atoms. The van der Waals surface area contributed by atoms with Crippen molar-refractivity contribution in [2.75, 3.05) is 30.4 Å². The molecule has 1 aliphatic rings. The molecule has 1 N–H and O–H groups in total. The number of hydrogen-bond acceptors (Lipinski definition) is 5. The second-order valence-corrected chi connectivity index (χ2v) is 8.11. The highest BCUT2D eigenvalue weighted by atomic mass is 19.1. The SMILES string of the molecule is COc1ccc2c(C)c(CCC(=O)Nc3cc(F)ccc3N3CCCCC3)c(=O)oc2c1. The number of benzene rings is 2. The third-order valence-electron chi connectivity index (χ3n) is 6.03. The van der Waals surface area contributed by atoms with E-state index in [0.29, 0.717) is 22.6 Å². The van der Waals surface area contributed by atoms with Gasteiger partial charge in [0.05, 0.1) is 18.5 Å². The Morgan fingerprint density at radius 2 is 1.94 bits per heavy atom. The number of hydrogen-bond donors (Lipinski definition) is 1. The number of nitrogens with one attached hydrogen (secondary N) is 1. The fourth-order valence-corrected chi connectivity index (χ4v) is 4.26. The van der Waals surface area contributed by atoms with Crippen molar-refractivity contribution in [3.63, 3.8) is 0 Å². The molecule has 0 saturated carbocycles. The molecule has 0 bridgehead atoms. The summed E-state index contributed by atoms with van der Waals surface area (Å²) in [6.45, 7) is 3.62. The number of carbonyl (C=O) groups excluding carboxylic acids is 1. The maximum absolute atomic E-state index is 13.9. The van der Waals surface area contributed by atoms with Crippen LogP contribution in [0.25, 0.3) is 11.0 Å². The number of amides is 1. The van der Waals surface area contributed by atoms with Crippen LogP contribution in [0, 0.1) is 12.7 Å². The topological polar surface area (TPSA) is 71.8 Å². The van der Waals surface area contributed by atoms with Crippen molar-refractivity contribution in [3.05, 3.63) is 63.8 Å². The van der Waals surface area contributed by atoms with E-state index in [0.717, 1.165) is 42.6 Å². The van der Waals surface area contributed by atoms with Crippen LogP contribution in [0.1, 0.15) is 36.8 Å². The van der Waals surface area contributed by atoms with Gasteiger partial charge in [-0.25, -0.2) is 9.18 Å². The second kappa shape index (κ2) is 9.42. The molecule has 4 rings (SSSR count). The summed E-state index contributed by atoms with van der Waals surface area (Å²) in [7, 11) is 1.55. The van der Waals surface area contributed by atoms with Gasteiger partial charge in [-0.05, 0) is 68.5 Å². The lowest BCUT2D eigenvalue weighted by atomic mass is 10.0. The van der Waals surface area contributed by atoms with Crippen molar-refractivity contribution < 1.29 is 18.3 Å². The lowest BCUT2D eigenvalue weighted by Gasteiger charge is -2.30. The van der Waals surface area contributed by atoms with Crippen LogP contribution in [0.15, 0.2) is 45.6 Å². The molecule has 168 valence electrons. The van der Waals surface area contributed by atoms with E-state index < -0.39 is 11.4 Å². The molecular formula is C25H27FN2O4. The van der Waals surface area contributed by atoms with Gasteiger partial charge >= 0.3 is 5.63 Å². The Hall–Kier alpha value is -3.35. The molecule has 0 unspecified atom stereocenters. The number of nitrogens with zero attached hydrogens (tertiary/aromatic N) is 1. The molecule has 7 heteroatoms. The highest BCUT2D eigenvalue weighted by Crippen LogP contribution is 2.30. The maximum Gasteiger partial charge on any atom is 0.339 e. The Morgan fingerprint density at radius 1 is 1.16 bits per heavy atom. The minimum Gasteiger partial charge on any atom is -0.497 e. The summed E-state index contributed by atoms with van der Waals surface area (Å²) in [5.41, 5.74) is 2.53. The molecule has 3 aromatic rings. The quantitative estimate of drug-likeness (QED) is 0.559. The van der Waals surface area contributed by atoms with Crippen molar-refractivity contribution in [1.82, 2.24) is 0 Å². The van der Waals surface area contributed by atoms with E-state index in [1.165, 1.54) is 18.6 Å². The summed E-state index contributed by atoms with van der Waals surface area (Å²) >= 11 is 0. The van der Waals surface area contributed by atoms with E-state index in [1.807, 2.05) is 13.0 Å². The Labute approximate surface area is 186 Å². The molecule has 2 aromatic carbocycles. The summed E-state index contributed by atoms with van der Waals surface area (Å²) in [4.78, 5) is 27.4. The van der Waals surface area contributed by atoms with Gasteiger partial charge in [-0.2, -0.15) is 0 Å². The molecule has 0 aliphatic carbocycles. The number of anilines is 2. The molecule has 6 nitrogen and oxygen atoms in total. The van der Waals surface area contributed by atoms with Gasteiger partial charge in [0.15, 0.2) is 0 Å². The van der Waals surface area contributed by atoms with Crippen molar-refractivity contribution in [3.8, 4) is 5.75 Å². The van der Waals surface area contributed by atoms with Crippen LogP contribution in [0.2, 0.25) is 0 Å². The first-order valence-electron chi connectivity index (χ1n) is 10.9. The number of piperidine rings is 1. The lowest BCUT2D eigenvalue weighted by Crippen LogP contribution is -2.30. The number of aryl methyl sites for hydroxylation is 1. The predicted octanol–water partition coefficient (Wildman–Crippen LogP) is 4.81. The van der Waals surface area contributed by atoms with E-state index >= 15 is 0 Å². The normalized spacial score (nSPS) is 13.9. The van der Waals surface area contributed by atoms with Gasteiger partial charge in [-0.1, -0.05) is 0 Å². The predicted molar refractivity (Wildman–Crippen MR) is 123 cm³/mol. The third-order valence-corrected chi connectivity index (χ3v) is 6.03. The average Bonchev–Trinajstić information content (AvgIpc) is 2.79. The maximum atomic E-state index is 13.9. The fourth-order valence-electron chi connectivity index (χ4n) is 4.26. The smallest absolute Gasteiger partial charge is 0.339 e. The minimum atomic E-state index is -0.462. The Kier molecular flexibility index (Phi) is 6.44. The van der Waals surface area contributed by atoms with Gasteiger partial charge in [-0.3, -0.25) is 4.79 Å². The van der Waals surface area contributed by atoms with Crippen molar-refractivity contribution in [2.45, 2.75) is 39.0 Å². The summed E-state index contributed by atoms with van der Waals surface area (Å²) in [6.07, 6.45) is 3.65. The molecule has 0 atom stereocenters. The highest BCUT2D eigenvalue weighted by Gasteiger charge is 2.18. The number of methoxy groups -OCH3 is 1. The van der Waals surface area contributed by atoms with Crippen LogP contribution >= 0.6 is 0 Å². The van der Waals surface area contributed by atoms with Crippen molar-refractivity contribution in [2.24, 2.45) is 0 Å². The number of carbonyl (C=O) groups is 1. The van der Waals surface area contributed by atoms with Crippen LogP contribution in [0.5, 0.6) is 5.75 Å². The lowest BCUT2D eigenvalue weighted by molar-refractivity contribution is -0.116. The number of halogens is 1. The molecule has 1 aromatic heterocycles. The van der Waals surface area contributed by atoms with Crippen LogP contribution in [-0.2, 0) is 11.2 Å². The van der Waals surface area contributed by atoms with E-state index in [-0.39, 0.29) is 18.7 Å². The van der Waals surface area contributed by atoms with E-state index in [2.05, 4.69) is 10.2 Å². The van der Waals surface area contributed by atoms with Gasteiger partial charge < -0.3 is 19.4 Å². The number of ether oxygens (including phenoxy) is 1. The zero-order valence-corrected chi connectivity index (χ0v) is 18.4. The largest absolute Gasteiger partial charge is 0.497 e. The zero-order chi connectivity index (χ0) is 22.7. The van der Waals surface area contributed by atoms with E-state index in [1.54, 1.807) is 25.3 Å². The van der Waals surface area contributed by atoms with Gasteiger partial charge in [0.1, 0.15) is 17.1 Å². The van der Waals surface area contributed by atoms with E-state index in [4.69, 9.17) is 9.15 Å². The van der Waals surface area contributed by atoms with Crippen molar-refractivity contribution >= 4 is 28.3 Å². The zero-order valence-electron chi connectivity index (χ0n) is 18.4. The fraction of sp³-hybridized carbons (Fsp3) is 0.360. The van der Waals surface area contributed by atoms with Crippen LogP contribution in [0.4, 0.5) is 15.8 Å².